The largest absolute Gasteiger partial charge is 0.396 e. The van der Waals surface area contributed by atoms with E-state index in [1.165, 1.54) is 25.3 Å². The van der Waals surface area contributed by atoms with Crippen molar-refractivity contribution in [3.8, 4) is 0 Å². The van der Waals surface area contributed by atoms with Crippen molar-refractivity contribution in [1.29, 1.82) is 0 Å². The van der Waals surface area contributed by atoms with Crippen LogP contribution in [-0.4, -0.2) is 37.4 Å². The van der Waals surface area contributed by atoms with Gasteiger partial charge in [-0.15, -0.1) is 0 Å². The lowest BCUT2D eigenvalue weighted by molar-refractivity contribution is 0.0878. The highest BCUT2D eigenvalue weighted by Crippen LogP contribution is 2.19. The number of aliphatic hydroxyl groups excluding tert-OH is 1. The number of nitrogens with one attached hydrogen (secondary N) is 1. The molecule has 0 saturated carbocycles. The van der Waals surface area contributed by atoms with Crippen LogP contribution in [0.15, 0.2) is 18.2 Å². The second-order valence-corrected chi connectivity index (χ2v) is 4.12. The fourth-order valence-corrected chi connectivity index (χ4v) is 1.71. The maximum atomic E-state index is 13.2. The molecule has 1 unspecified atom stereocenters. The average molecular weight is 276 g/mol. The van der Waals surface area contributed by atoms with Crippen LogP contribution in [0.1, 0.15) is 16.8 Å². The number of halogens is 2. The van der Waals surface area contributed by atoms with Gasteiger partial charge in [0, 0.05) is 13.7 Å². The van der Waals surface area contributed by atoms with Crippen LogP contribution in [0.25, 0.3) is 0 Å². The number of benzene rings is 1. The molecule has 1 amide bonds. The molecule has 0 aliphatic heterocycles. The van der Waals surface area contributed by atoms with Gasteiger partial charge in [0.05, 0.1) is 23.2 Å². The van der Waals surface area contributed by atoms with Crippen LogP contribution in [0.4, 0.5) is 4.39 Å². The van der Waals surface area contributed by atoms with Gasteiger partial charge < -0.3 is 15.2 Å². The Bertz CT molecular complexity index is 408. The maximum absolute atomic E-state index is 13.2. The first kappa shape index (κ1) is 14.9. The van der Waals surface area contributed by atoms with Gasteiger partial charge in [0.2, 0.25) is 0 Å². The first-order chi connectivity index (χ1) is 8.60. The average Bonchev–Trinajstić information content (AvgIpc) is 2.33. The summed E-state index contributed by atoms with van der Waals surface area (Å²) in [6.45, 7) is 0.185. The summed E-state index contributed by atoms with van der Waals surface area (Å²) in [5.41, 5.74) is 0.0655. The van der Waals surface area contributed by atoms with Gasteiger partial charge in [0.1, 0.15) is 5.82 Å². The van der Waals surface area contributed by atoms with Gasteiger partial charge in [-0.05, 0) is 18.6 Å². The number of hydrogen-bond donors (Lipinski definition) is 2. The Balaban J connectivity index is 2.77. The summed E-state index contributed by atoms with van der Waals surface area (Å²) < 4.78 is 18.1. The smallest absolute Gasteiger partial charge is 0.253 e. The van der Waals surface area contributed by atoms with E-state index >= 15 is 0 Å². The molecule has 18 heavy (non-hydrogen) atoms. The molecule has 0 aromatic heterocycles. The first-order valence-electron chi connectivity index (χ1n) is 5.44. The highest BCUT2D eigenvalue weighted by atomic mass is 35.5. The Morgan fingerprint density at radius 1 is 1.61 bits per heavy atom. The molecule has 1 aromatic rings. The number of carbonyl (C=O) groups is 1. The summed E-state index contributed by atoms with van der Waals surface area (Å²) in [6, 6.07) is 3.68. The zero-order valence-electron chi connectivity index (χ0n) is 9.95. The van der Waals surface area contributed by atoms with Crippen molar-refractivity contribution in [1.82, 2.24) is 5.32 Å². The molecule has 0 aliphatic carbocycles. The summed E-state index contributed by atoms with van der Waals surface area (Å²) >= 11 is 5.71. The predicted molar refractivity (Wildman–Crippen MR) is 66.2 cm³/mol. The van der Waals surface area contributed by atoms with Crippen LogP contribution in [0.2, 0.25) is 5.02 Å². The summed E-state index contributed by atoms with van der Waals surface area (Å²) in [5.74, 6) is -1.13. The molecule has 1 aromatic carbocycles. The molecular weight excluding hydrogens is 261 g/mol. The molecule has 2 N–H and O–H groups in total. The van der Waals surface area contributed by atoms with Crippen LogP contribution >= 0.6 is 11.6 Å². The van der Waals surface area contributed by atoms with Crippen LogP contribution in [0, 0.1) is 5.82 Å². The molecule has 1 rings (SSSR count). The molecule has 1 atom stereocenters. The molecule has 0 radical (unpaired) electrons. The van der Waals surface area contributed by atoms with Crippen LogP contribution in [-0.2, 0) is 4.74 Å². The molecule has 100 valence electrons. The third-order valence-corrected chi connectivity index (χ3v) is 2.76. The Morgan fingerprint density at radius 3 is 2.94 bits per heavy atom. The van der Waals surface area contributed by atoms with E-state index in [2.05, 4.69) is 5.32 Å². The van der Waals surface area contributed by atoms with Gasteiger partial charge in [-0.2, -0.15) is 0 Å². The van der Waals surface area contributed by atoms with E-state index in [1.54, 1.807) is 0 Å². The van der Waals surface area contributed by atoms with Gasteiger partial charge >= 0.3 is 0 Å². The number of hydrogen-bond acceptors (Lipinski definition) is 3. The molecule has 0 bridgehead atoms. The number of carbonyl (C=O) groups excluding carboxylic acids is 1. The number of aliphatic hydroxyl groups is 1. The molecule has 0 heterocycles. The Hall–Kier alpha value is -1.17. The summed E-state index contributed by atoms with van der Waals surface area (Å²) in [7, 11) is 1.49. The topological polar surface area (TPSA) is 58.6 Å². The van der Waals surface area contributed by atoms with Crippen LogP contribution < -0.4 is 5.32 Å². The normalized spacial score (nSPS) is 12.2. The lowest BCUT2D eigenvalue weighted by Crippen LogP contribution is -2.38. The molecule has 0 saturated heterocycles. The zero-order chi connectivity index (χ0) is 13.5. The quantitative estimate of drug-likeness (QED) is 0.829. The van der Waals surface area contributed by atoms with E-state index in [-0.39, 0.29) is 29.8 Å². The first-order valence-corrected chi connectivity index (χ1v) is 5.82. The second kappa shape index (κ2) is 7.31. The fraction of sp³-hybridized carbons (Fsp3) is 0.417. The van der Waals surface area contributed by atoms with E-state index < -0.39 is 11.7 Å². The standard InChI is InChI=1S/C12H15ClFNO3/c1-18-7-8(5-6-16)15-12(17)9-3-2-4-10(14)11(9)13/h2-4,8,16H,5-7H2,1H3,(H,15,17). The Morgan fingerprint density at radius 2 is 2.33 bits per heavy atom. The van der Waals surface area contributed by atoms with E-state index in [1.807, 2.05) is 0 Å². The third-order valence-electron chi connectivity index (χ3n) is 2.38. The van der Waals surface area contributed by atoms with Gasteiger partial charge in [-0.25, -0.2) is 4.39 Å². The van der Waals surface area contributed by atoms with Gasteiger partial charge in [0.15, 0.2) is 0 Å². The minimum Gasteiger partial charge on any atom is -0.396 e. The van der Waals surface area contributed by atoms with E-state index in [0.717, 1.165) is 0 Å². The molecule has 0 spiro atoms. The monoisotopic (exact) mass is 275 g/mol. The molecule has 0 aliphatic rings. The van der Waals surface area contributed by atoms with Crippen molar-refractivity contribution in [2.75, 3.05) is 20.3 Å². The maximum Gasteiger partial charge on any atom is 0.253 e. The summed E-state index contributed by atoms with van der Waals surface area (Å²) in [4.78, 5) is 11.9. The number of rotatable bonds is 6. The third kappa shape index (κ3) is 3.94. The highest BCUT2D eigenvalue weighted by Gasteiger charge is 2.17. The fourth-order valence-electron chi connectivity index (χ4n) is 1.50. The lowest BCUT2D eigenvalue weighted by Gasteiger charge is -2.17. The van der Waals surface area contributed by atoms with Gasteiger partial charge in [-0.3, -0.25) is 4.79 Å². The molecule has 6 heteroatoms. The van der Waals surface area contributed by atoms with Crippen LogP contribution in [0.3, 0.4) is 0 Å². The van der Waals surface area contributed by atoms with Crippen molar-refractivity contribution in [2.24, 2.45) is 0 Å². The van der Waals surface area contributed by atoms with Gasteiger partial charge in [-0.1, -0.05) is 17.7 Å². The lowest BCUT2D eigenvalue weighted by atomic mass is 10.1. The van der Waals surface area contributed by atoms with E-state index in [0.29, 0.717) is 6.42 Å². The minimum absolute atomic E-state index is 0.0655. The number of ether oxygens (including phenoxy) is 1. The molecule has 0 fully saturated rings. The van der Waals surface area contributed by atoms with E-state index in [9.17, 15) is 9.18 Å². The zero-order valence-corrected chi connectivity index (χ0v) is 10.7. The molecular formula is C12H15ClFNO3. The van der Waals surface area contributed by atoms with Crippen molar-refractivity contribution in [2.45, 2.75) is 12.5 Å². The van der Waals surface area contributed by atoms with E-state index in [4.69, 9.17) is 21.4 Å². The molecule has 4 nitrogen and oxygen atoms in total. The summed E-state index contributed by atoms with van der Waals surface area (Å²) in [5, 5.41) is 11.3. The number of amides is 1. The van der Waals surface area contributed by atoms with Crippen molar-refractivity contribution in [3.63, 3.8) is 0 Å². The van der Waals surface area contributed by atoms with Crippen molar-refractivity contribution < 1.29 is 19.0 Å². The van der Waals surface area contributed by atoms with Crippen molar-refractivity contribution >= 4 is 17.5 Å². The minimum atomic E-state index is -0.644. The van der Waals surface area contributed by atoms with Gasteiger partial charge in [0.25, 0.3) is 5.91 Å². The second-order valence-electron chi connectivity index (χ2n) is 3.74. The van der Waals surface area contributed by atoms with Crippen molar-refractivity contribution in [3.05, 3.63) is 34.6 Å². The summed E-state index contributed by atoms with van der Waals surface area (Å²) in [6.07, 6.45) is 0.354. The Kier molecular flexibility index (Phi) is 6.04. The van der Waals surface area contributed by atoms with Crippen LogP contribution in [0.5, 0.6) is 0 Å². The number of methoxy groups -OCH3 is 1. The Labute approximate surface area is 110 Å². The highest BCUT2D eigenvalue weighted by molar-refractivity contribution is 6.34. The SMILES string of the molecule is COCC(CCO)NC(=O)c1cccc(F)c1Cl. The predicted octanol–water partition coefficient (Wildman–Crippen LogP) is 1.61.